The van der Waals surface area contributed by atoms with Gasteiger partial charge in [0, 0.05) is 29.8 Å². The van der Waals surface area contributed by atoms with Gasteiger partial charge in [-0.25, -0.2) is 18.2 Å². The Morgan fingerprint density at radius 3 is 2.62 bits per heavy atom. The molecule has 11 nitrogen and oxygen atoms in total. The van der Waals surface area contributed by atoms with Crippen molar-refractivity contribution in [3.05, 3.63) is 24.0 Å². The number of nitrogens with zero attached hydrogens (tertiary/aromatic N) is 2. The van der Waals surface area contributed by atoms with Gasteiger partial charge in [0.15, 0.2) is 11.6 Å². The molecule has 0 radical (unpaired) electrons. The van der Waals surface area contributed by atoms with Crippen molar-refractivity contribution in [3.8, 4) is 5.75 Å². The van der Waals surface area contributed by atoms with Gasteiger partial charge in [-0.2, -0.15) is 5.10 Å². The normalized spacial score (nSPS) is 18.6. The number of aromatic nitrogens is 3. The third-order valence-corrected chi connectivity index (χ3v) is 5.34. The first-order valence-corrected chi connectivity index (χ1v) is 12.2. The van der Waals surface area contributed by atoms with Gasteiger partial charge in [0.2, 0.25) is 10.0 Å². The highest BCUT2D eigenvalue weighted by Crippen LogP contribution is 2.37. The second-order valence-corrected chi connectivity index (χ2v) is 9.91. The zero-order valence-electron chi connectivity index (χ0n) is 18.6. The number of aromatic amines is 1. The third-order valence-electron chi connectivity index (χ3n) is 4.75. The number of amides is 1. The van der Waals surface area contributed by atoms with E-state index in [1.165, 1.54) is 0 Å². The minimum absolute atomic E-state index is 0.0298. The second kappa shape index (κ2) is 9.95. The van der Waals surface area contributed by atoms with Gasteiger partial charge in [-0.1, -0.05) is 0 Å². The molecule has 1 fully saturated rings. The molecule has 34 heavy (non-hydrogen) atoms. The average molecular weight is 507 g/mol. The van der Waals surface area contributed by atoms with Crippen LogP contribution in [0, 0.1) is 0 Å². The van der Waals surface area contributed by atoms with Crippen molar-refractivity contribution in [1.82, 2.24) is 20.5 Å². The zero-order chi connectivity index (χ0) is 25.1. The Morgan fingerprint density at radius 1 is 1.24 bits per heavy atom. The Labute approximate surface area is 193 Å². The first kappa shape index (κ1) is 25.4. The van der Waals surface area contributed by atoms with Crippen molar-refractivity contribution >= 4 is 33.4 Å². The molecule has 3 rings (SSSR count). The number of anilines is 3. The Balaban J connectivity index is 1.67. The van der Waals surface area contributed by atoms with Gasteiger partial charge in [-0.15, -0.1) is 13.2 Å². The van der Waals surface area contributed by atoms with Crippen molar-refractivity contribution in [3.63, 3.8) is 0 Å². The maximum Gasteiger partial charge on any atom is 0.573 e. The van der Waals surface area contributed by atoms with Crippen LogP contribution in [-0.4, -0.2) is 54.5 Å². The molecule has 2 atom stereocenters. The van der Waals surface area contributed by atoms with E-state index in [0.717, 1.165) is 30.6 Å². The molecule has 4 N–H and O–H groups in total. The fourth-order valence-corrected chi connectivity index (χ4v) is 4.04. The van der Waals surface area contributed by atoms with Gasteiger partial charge in [0.05, 0.1) is 12.5 Å². The van der Waals surface area contributed by atoms with E-state index in [-0.39, 0.29) is 29.7 Å². The number of H-pyrrole nitrogens is 1. The van der Waals surface area contributed by atoms with Crippen LogP contribution < -0.4 is 20.1 Å². The maximum atomic E-state index is 12.8. The molecule has 1 aliphatic carbocycles. The molecule has 2 heterocycles. The molecule has 2 aromatic heterocycles. The first-order chi connectivity index (χ1) is 15.8. The fraction of sp³-hybridized carbons (Fsp3) is 0.526. The lowest BCUT2D eigenvalue weighted by atomic mass is 10.0. The largest absolute Gasteiger partial charge is 0.573 e. The van der Waals surface area contributed by atoms with Gasteiger partial charge in [-0.05, 0) is 33.1 Å². The number of halogens is 3. The lowest BCUT2D eigenvalue weighted by molar-refractivity contribution is -0.274. The van der Waals surface area contributed by atoms with Crippen LogP contribution in [0.4, 0.5) is 35.3 Å². The molecule has 0 aliphatic heterocycles. The summed E-state index contributed by atoms with van der Waals surface area (Å²) < 4.78 is 72.4. The SMILES string of the molecule is CC(C)NC(=O)O[C@@H]1CC[C@H](c2cc(Nc3cc(OC(F)(F)F)c(NS(C)(=O)=O)cn3)n[nH]2)C1. The summed E-state index contributed by atoms with van der Waals surface area (Å²) in [5.74, 6) is -0.486. The molecule has 1 amide bonds. The van der Waals surface area contributed by atoms with E-state index in [9.17, 15) is 26.4 Å². The van der Waals surface area contributed by atoms with Crippen molar-refractivity contribution in [1.29, 1.82) is 0 Å². The van der Waals surface area contributed by atoms with Gasteiger partial charge in [0.25, 0.3) is 0 Å². The van der Waals surface area contributed by atoms with E-state index in [2.05, 4.69) is 30.6 Å². The van der Waals surface area contributed by atoms with E-state index >= 15 is 0 Å². The van der Waals surface area contributed by atoms with Gasteiger partial charge in [0.1, 0.15) is 17.6 Å². The lowest BCUT2D eigenvalue weighted by Crippen LogP contribution is -2.33. The van der Waals surface area contributed by atoms with Crippen LogP contribution >= 0.6 is 0 Å². The van der Waals surface area contributed by atoms with E-state index in [1.54, 1.807) is 6.07 Å². The van der Waals surface area contributed by atoms with Crippen LogP contribution in [0.2, 0.25) is 0 Å². The van der Waals surface area contributed by atoms with Gasteiger partial charge in [-0.3, -0.25) is 9.82 Å². The smallest absolute Gasteiger partial charge is 0.446 e. The van der Waals surface area contributed by atoms with Crippen LogP contribution in [0.25, 0.3) is 0 Å². The molecule has 0 saturated heterocycles. The second-order valence-electron chi connectivity index (χ2n) is 8.16. The Morgan fingerprint density at radius 2 is 1.97 bits per heavy atom. The van der Waals surface area contributed by atoms with Crippen LogP contribution in [-0.2, 0) is 14.8 Å². The number of carbonyl (C=O) groups is 1. The molecule has 0 bridgehead atoms. The number of sulfonamides is 1. The summed E-state index contributed by atoms with van der Waals surface area (Å²) in [4.78, 5) is 15.7. The molecule has 188 valence electrons. The van der Waals surface area contributed by atoms with Crippen LogP contribution in [0.1, 0.15) is 44.7 Å². The third kappa shape index (κ3) is 7.67. The summed E-state index contributed by atoms with van der Waals surface area (Å²) in [5.41, 5.74) is 0.298. The zero-order valence-corrected chi connectivity index (χ0v) is 19.4. The number of ether oxygens (including phenoxy) is 2. The number of alkyl halides is 3. The summed E-state index contributed by atoms with van der Waals surface area (Å²) in [6.07, 6.45) is -2.01. The standard InChI is InChI=1S/C19H25F3N6O5S/c1-10(2)24-18(29)32-12-5-4-11(6-12)13-7-17(27-26-13)25-16-8-15(33-19(20,21)22)14(9-23-16)28-34(3,30)31/h7-12,28H,4-6H2,1-3H3,(H,24,29)(H2,23,25,26,27)/t11-,12+/m0/s1. The van der Waals surface area contributed by atoms with Gasteiger partial charge < -0.3 is 20.1 Å². The number of rotatable bonds is 8. The summed E-state index contributed by atoms with van der Waals surface area (Å²) in [6, 6.07) is 2.55. The summed E-state index contributed by atoms with van der Waals surface area (Å²) in [6.45, 7) is 3.67. The quantitative estimate of drug-likeness (QED) is 0.425. The van der Waals surface area contributed by atoms with Crippen molar-refractivity contribution < 1.29 is 35.9 Å². The Bertz CT molecular complexity index is 1120. The van der Waals surface area contributed by atoms with E-state index in [1.807, 2.05) is 18.6 Å². The highest BCUT2D eigenvalue weighted by atomic mass is 32.2. The minimum atomic E-state index is -5.04. The first-order valence-electron chi connectivity index (χ1n) is 10.3. The van der Waals surface area contributed by atoms with Crippen molar-refractivity contribution in [2.45, 2.75) is 57.5 Å². The molecule has 0 aromatic carbocycles. The van der Waals surface area contributed by atoms with Crippen LogP contribution in [0.15, 0.2) is 18.3 Å². The predicted octanol–water partition coefficient (Wildman–Crippen LogP) is 3.59. The van der Waals surface area contributed by atoms with E-state index < -0.39 is 33.9 Å². The number of pyridine rings is 1. The molecule has 1 aliphatic rings. The molecule has 2 aromatic rings. The maximum absolute atomic E-state index is 12.8. The van der Waals surface area contributed by atoms with Crippen molar-refractivity contribution in [2.24, 2.45) is 0 Å². The topological polar surface area (TPSA) is 147 Å². The van der Waals surface area contributed by atoms with Crippen molar-refractivity contribution in [2.75, 3.05) is 16.3 Å². The Hall–Kier alpha value is -3.23. The fourth-order valence-electron chi connectivity index (χ4n) is 3.48. The lowest BCUT2D eigenvalue weighted by Gasteiger charge is -2.15. The number of alkyl carbamates (subject to hydrolysis) is 1. The summed E-state index contributed by atoms with van der Waals surface area (Å²) in [5, 5.41) is 12.4. The molecular formula is C19H25F3N6O5S. The highest BCUT2D eigenvalue weighted by Gasteiger charge is 2.33. The molecule has 15 heteroatoms. The molecule has 1 saturated carbocycles. The summed E-state index contributed by atoms with van der Waals surface area (Å²) >= 11 is 0. The van der Waals surface area contributed by atoms with Gasteiger partial charge >= 0.3 is 12.5 Å². The number of nitrogens with one attached hydrogen (secondary N) is 4. The van der Waals surface area contributed by atoms with E-state index in [0.29, 0.717) is 12.8 Å². The monoisotopic (exact) mass is 506 g/mol. The van der Waals surface area contributed by atoms with E-state index in [4.69, 9.17) is 4.74 Å². The highest BCUT2D eigenvalue weighted by molar-refractivity contribution is 7.92. The van der Waals surface area contributed by atoms with Crippen LogP contribution in [0.3, 0.4) is 0 Å². The average Bonchev–Trinajstić information content (AvgIpc) is 3.30. The summed E-state index contributed by atoms with van der Waals surface area (Å²) in [7, 11) is -3.86. The number of hydrogen-bond donors (Lipinski definition) is 4. The minimum Gasteiger partial charge on any atom is -0.446 e. The predicted molar refractivity (Wildman–Crippen MR) is 116 cm³/mol. The molecule has 0 unspecified atom stereocenters. The Kier molecular flexibility index (Phi) is 7.43. The number of hydrogen-bond acceptors (Lipinski definition) is 8. The molecule has 0 spiro atoms. The molecular weight excluding hydrogens is 481 g/mol. The van der Waals surface area contributed by atoms with Crippen LogP contribution in [0.5, 0.6) is 5.75 Å². The number of carbonyl (C=O) groups excluding carboxylic acids is 1.